The molecule has 0 aromatic carbocycles. The minimum Gasteiger partial charge on any atom is -0.391 e. The first-order valence-corrected chi connectivity index (χ1v) is 8.04. The van der Waals surface area contributed by atoms with Gasteiger partial charge in [-0.15, -0.1) is 5.10 Å². The van der Waals surface area contributed by atoms with Crippen molar-refractivity contribution in [3.05, 3.63) is 11.9 Å². The molecule has 0 amide bonds. The van der Waals surface area contributed by atoms with Gasteiger partial charge in [0.15, 0.2) is 0 Å². The van der Waals surface area contributed by atoms with E-state index in [1.54, 1.807) is 10.9 Å². The van der Waals surface area contributed by atoms with E-state index in [2.05, 4.69) is 10.3 Å². The van der Waals surface area contributed by atoms with Crippen molar-refractivity contribution >= 4 is 0 Å². The van der Waals surface area contributed by atoms with E-state index in [4.69, 9.17) is 9.47 Å². The second-order valence-corrected chi connectivity index (χ2v) is 5.65. The molecular weight excluding hydrogens is 270 g/mol. The van der Waals surface area contributed by atoms with E-state index in [1.807, 2.05) is 13.8 Å². The number of aliphatic hydroxyl groups excluding tert-OH is 1. The van der Waals surface area contributed by atoms with Crippen molar-refractivity contribution in [3.63, 3.8) is 0 Å². The standard InChI is InChI=1S/C15H27N3O3/c1-3-20-15(21-4-2)14-11-18(17-16-14)10-13(19)9-12-7-5-6-8-12/h11-13,15,19H,3-10H2,1-2H3. The van der Waals surface area contributed by atoms with Crippen LogP contribution >= 0.6 is 0 Å². The highest BCUT2D eigenvalue weighted by Gasteiger charge is 2.20. The predicted molar refractivity (Wildman–Crippen MR) is 78.6 cm³/mol. The SMILES string of the molecule is CCOC(OCC)c1cn(CC(O)CC2CCCC2)nn1. The average molecular weight is 297 g/mol. The quantitative estimate of drug-likeness (QED) is 0.708. The normalized spacial score (nSPS) is 17.7. The summed E-state index contributed by atoms with van der Waals surface area (Å²) in [7, 11) is 0. The molecule has 120 valence electrons. The van der Waals surface area contributed by atoms with Crippen molar-refractivity contribution in [2.24, 2.45) is 5.92 Å². The highest BCUT2D eigenvalue weighted by atomic mass is 16.7. The van der Waals surface area contributed by atoms with Gasteiger partial charge in [0, 0.05) is 13.2 Å². The summed E-state index contributed by atoms with van der Waals surface area (Å²) in [5.41, 5.74) is 0.659. The summed E-state index contributed by atoms with van der Waals surface area (Å²) in [4.78, 5) is 0. The summed E-state index contributed by atoms with van der Waals surface area (Å²) < 4.78 is 12.7. The first-order chi connectivity index (χ1) is 10.2. The molecule has 6 heteroatoms. The molecule has 1 N–H and O–H groups in total. The number of rotatable bonds is 9. The lowest BCUT2D eigenvalue weighted by molar-refractivity contribution is -0.142. The molecule has 1 aliphatic rings. The Morgan fingerprint density at radius 2 is 1.95 bits per heavy atom. The van der Waals surface area contributed by atoms with Crippen molar-refractivity contribution in [2.75, 3.05) is 13.2 Å². The van der Waals surface area contributed by atoms with Crippen LogP contribution in [0.25, 0.3) is 0 Å². The van der Waals surface area contributed by atoms with Gasteiger partial charge < -0.3 is 14.6 Å². The van der Waals surface area contributed by atoms with Gasteiger partial charge in [-0.1, -0.05) is 30.9 Å². The Morgan fingerprint density at radius 3 is 2.57 bits per heavy atom. The highest BCUT2D eigenvalue weighted by Crippen LogP contribution is 2.28. The third-order valence-corrected chi connectivity index (χ3v) is 3.91. The molecule has 1 aromatic heterocycles. The lowest BCUT2D eigenvalue weighted by Crippen LogP contribution is -2.19. The van der Waals surface area contributed by atoms with E-state index in [0.717, 1.165) is 6.42 Å². The van der Waals surface area contributed by atoms with Crippen molar-refractivity contribution in [1.82, 2.24) is 15.0 Å². The minimum atomic E-state index is -0.472. The van der Waals surface area contributed by atoms with Crippen molar-refractivity contribution in [2.45, 2.75) is 64.9 Å². The van der Waals surface area contributed by atoms with Gasteiger partial charge in [-0.3, -0.25) is 0 Å². The van der Waals surface area contributed by atoms with Crippen molar-refractivity contribution < 1.29 is 14.6 Å². The fraction of sp³-hybridized carbons (Fsp3) is 0.867. The molecule has 1 aromatic rings. The molecule has 1 unspecified atom stereocenters. The maximum Gasteiger partial charge on any atom is 0.204 e. The average Bonchev–Trinajstić information content (AvgIpc) is 3.10. The van der Waals surface area contributed by atoms with Gasteiger partial charge in [-0.2, -0.15) is 0 Å². The van der Waals surface area contributed by atoms with Crippen LogP contribution < -0.4 is 0 Å². The van der Waals surface area contributed by atoms with Gasteiger partial charge in [0.1, 0.15) is 5.69 Å². The molecule has 1 fully saturated rings. The summed E-state index contributed by atoms with van der Waals surface area (Å²) in [6, 6.07) is 0. The second kappa shape index (κ2) is 8.46. The first-order valence-electron chi connectivity index (χ1n) is 8.04. The van der Waals surface area contributed by atoms with Crippen LogP contribution in [0.3, 0.4) is 0 Å². The Morgan fingerprint density at radius 1 is 1.29 bits per heavy atom. The monoisotopic (exact) mass is 297 g/mol. The van der Waals surface area contributed by atoms with E-state index in [1.165, 1.54) is 25.7 Å². The van der Waals surface area contributed by atoms with Crippen LogP contribution in [-0.4, -0.2) is 39.4 Å². The third-order valence-electron chi connectivity index (χ3n) is 3.91. The van der Waals surface area contributed by atoms with Crippen molar-refractivity contribution in [3.8, 4) is 0 Å². The fourth-order valence-corrected chi connectivity index (χ4v) is 2.95. The topological polar surface area (TPSA) is 69.4 Å². The van der Waals surface area contributed by atoms with Crippen LogP contribution in [-0.2, 0) is 16.0 Å². The number of nitrogens with zero attached hydrogens (tertiary/aromatic N) is 3. The zero-order valence-corrected chi connectivity index (χ0v) is 13.1. The summed E-state index contributed by atoms with van der Waals surface area (Å²) in [5.74, 6) is 0.669. The molecule has 0 saturated heterocycles. The Kier molecular flexibility index (Phi) is 6.60. The number of ether oxygens (including phenoxy) is 2. The lowest BCUT2D eigenvalue weighted by atomic mass is 10.0. The summed E-state index contributed by atoms with van der Waals surface area (Å²) >= 11 is 0. The van der Waals surface area contributed by atoms with Crippen LogP contribution in [0, 0.1) is 5.92 Å². The van der Waals surface area contributed by atoms with Gasteiger partial charge in [0.25, 0.3) is 0 Å². The van der Waals surface area contributed by atoms with Crippen molar-refractivity contribution in [1.29, 1.82) is 0 Å². The molecule has 1 heterocycles. The number of aliphatic hydroxyl groups is 1. The smallest absolute Gasteiger partial charge is 0.204 e. The second-order valence-electron chi connectivity index (χ2n) is 5.65. The van der Waals surface area contributed by atoms with Gasteiger partial charge in [0.05, 0.1) is 18.8 Å². The maximum absolute atomic E-state index is 10.2. The largest absolute Gasteiger partial charge is 0.391 e. The number of aromatic nitrogens is 3. The van der Waals surface area contributed by atoms with Crippen LogP contribution in [0.1, 0.15) is 57.9 Å². The maximum atomic E-state index is 10.2. The molecule has 1 atom stereocenters. The molecule has 0 bridgehead atoms. The highest BCUT2D eigenvalue weighted by molar-refractivity contribution is 4.94. The van der Waals surface area contributed by atoms with Crippen LogP contribution in [0.2, 0.25) is 0 Å². The number of hydrogen-bond acceptors (Lipinski definition) is 5. The zero-order valence-electron chi connectivity index (χ0n) is 13.1. The Hall–Kier alpha value is -0.980. The van der Waals surface area contributed by atoms with E-state index in [-0.39, 0.29) is 6.10 Å². The van der Waals surface area contributed by atoms with E-state index >= 15 is 0 Å². The molecule has 0 aliphatic heterocycles. The molecule has 21 heavy (non-hydrogen) atoms. The summed E-state index contributed by atoms with van der Waals surface area (Å²) in [6.07, 6.45) is 6.92. The predicted octanol–water partition coefficient (Wildman–Crippen LogP) is 2.29. The van der Waals surface area contributed by atoms with E-state index in [0.29, 0.717) is 31.4 Å². The molecule has 2 rings (SSSR count). The first kappa shape index (κ1) is 16.4. The van der Waals surface area contributed by atoms with Gasteiger partial charge in [0.2, 0.25) is 6.29 Å². The molecule has 1 aliphatic carbocycles. The van der Waals surface area contributed by atoms with E-state index < -0.39 is 6.29 Å². The third kappa shape index (κ3) is 5.05. The number of hydrogen-bond donors (Lipinski definition) is 1. The lowest BCUT2D eigenvalue weighted by Gasteiger charge is -2.15. The summed E-state index contributed by atoms with van der Waals surface area (Å²) in [5, 5.41) is 18.3. The zero-order chi connectivity index (χ0) is 15.1. The summed E-state index contributed by atoms with van der Waals surface area (Å²) in [6.45, 7) is 5.43. The van der Waals surface area contributed by atoms with Gasteiger partial charge in [-0.25, -0.2) is 4.68 Å². The van der Waals surface area contributed by atoms with E-state index in [9.17, 15) is 5.11 Å². The Balaban J connectivity index is 1.85. The Labute approximate surface area is 126 Å². The molecule has 1 saturated carbocycles. The van der Waals surface area contributed by atoms with Crippen LogP contribution in [0.5, 0.6) is 0 Å². The molecule has 0 spiro atoms. The van der Waals surface area contributed by atoms with Gasteiger partial charge in [-0.05, 0) is 26.2 Å². The molecular formula is C15H27N3O3. The van der Waals surface area contributed by atoms with Crippen LogP contribution in [0.15, 0.2) is 6.20 Å². The molecule has 0 radical (unpaired) electrons. The fourth-order valence-electron chi connectivity index (χ4n) is 2.95. The molecule has 6 nitrogen and oxygen atoms in total. The van der Waals surface area contributed by atoms with Gasteiger partial charge >= 0.3 is 0 Å². The van der Waals surface area contributed by atoms with Crippen LogP contribution in [0.4, 0.5) is 0 Å². The minimum absolute atomic E-state index is 0.361. The Bertz CT molecular complexity index is 399.